The van der Waals surface area contributed by atoms with E-state index < -0.39 is 0 Å². The summed E-state index contributed by atoms with van der Waals surface area (Å²) < 4.78 is 21.4. The molecule has 8 heteroatoms. The van der Waals surface area contributed by atoms with Crippen LogP contribution in [0.25, 0.3) is 10.1 Å². The highest BCUT2D eigenvalue weighted by atomic mass is 32.1. The molecule has 0 bridgehead atoms. The molecule has 2 aromatic heterocycles. The Labute approximate surface area is 195 Å². The van der Waals surface area contributed by atoms with Crippen molar-refractivity contribution in [2.75, 3.05) is 18.0 Å². The first-order chi connectivity index (χ1) is 16.2. The summed E-state index contributed by atoms with van der Waals surface area (Å²) in [7, 11) is 0. The highest BCUT2D eigenvalue weighted by Gasteiger charge is 2.26. The highest BCUT2D eigenvalue weighted by Crippen LogP contribution is 2.34. The van der Waals surface area contributed by atoms with Gasteiger partial charge in [-0.1, -0.05) is 24.3 Å². The number of carbonyl (C=O) groups is 1. The number of rotatable bonds is 6. The van der Waals surface area contributed by atoms with Gasteiger partial charge in [0.25, 0.3) is 5.91 Å². The van der Waals surface area contributed by atoms with E-state index in [-0.39, 0.29) is 24.4 Å². The van der Waals surface area contributed by atoms with E-state index in [0.717, 1.165) is 24.1 Å². The van der Waals surface area contributed by atoms with Crippen LogP contribution in [0.2, 0.25) is 0 Å². The van der Waals surface area contributed by atoms with Gasteiger partial charge in [0.05, 0.1) is 4.88 Å². The average Bonchev–Trinajstić information content (AvgIpc) is 3.24. The van der Waals surface area contributed by atoms with Crippen LogP contribution in [0.3, 0.4) is 0 Å². The molecule has 3 heterocycles. The SMILES string of the molecule is O=C(NC1CCCN(c2ncccn2)C1)c1sc2cccc(F)c2c1COc1ccccc1. The third kappa shape index (κ3) is 4.66. The molecule has 0 radical (unpaired) electrons. The van der Waals surface area contributed by atoms with E-state index in [4.69, 9.17) is 4.74 Å². The summed E-state index contributed by atoms with van der Waals surface area (Å²) in [6, 6.07) is 16.0. The number of ether oxygens (including phenoxy) is 1. The van der Waals surface area contributed by atoms with Gasteiger partial charge in [0.2, 0.25) is 5.95 Å². The Kier molecular flexibility index (Phi) is 6.17. The zero-order valence-corrected chi connectivity index (χ0v) is 18.7. The smallest absolute Gasteiger partial charge is 0.262 e. The van der Waals surface area contributed by atoms with Crippen molar-refractivity contribution >= 4 is 33.3 Å². The van der Waals surface area contributed by atoms with Crippen molar-refractivity contribution in [2.45, 2.75) is 25.5 Å². The van der Waals surface area contributed by atoms with Crippen LogP contribution < -0.4 is 15.0 Å². The second-order valence-electron chi connectivity index (χ2n) is 7.93. The molecular formula is C25H23FN4O2S. The monoisotopic (exact) mass is 462 g/mol. The molecule has 1 atom stereocenters. The summed E-state index contributed by atoms with van der Waals surface area (Å²) in [5, 5.41) is 3.60. The van der Waals surface area contributed by atoms with E-state index in [2.05, 4.69) is 20.2 Å². The Bertz CT molecular complexity index is 1250. The van der Waals surface area contributed by atoms with Crippen LogP contribution in [0, 0.1) is 5.82 Å². The van der Waals surface area contributed by atoms with Gasteiger partial charge in [-0.2, -0.15) is 0 Å². The number of para-hydroxylation sites is 1. The lowest BCUT2D eigenvalue weighted by Gasteiger charge is -2.33. The van der Waals surface area contributed by atoms with E-state index >= 15 is 0 Å². The summed E-state index contributed by atoms with van der Waals surface area (Å²) in [5.74, 6) is 0.783. The van der Waals surface area contributed by atoms with Crippen LogP contribution in [-0.2, 0) is 6.61 Å². The molecule has 168 valence electrons. The number of nitrogens with one attached hydrogen (secondary N) is 1. The Balaban J connectivity index is 1.38. The zero-order chi connectivity index (χ0) is 22.6. The zero-order valence-electron chi connectivity index (χ0n) is 17.9. The number of fused-ring (bicyclic) bond motifs is 1. The molecule has 6 nitrogen and oxygen atoms in total. The van der Waals surface area contributed by atoms with Gasteiger partial charge in [0, 0.05) is 47.2 Å². The van der Waals surface area contributed by atoms with Gasteiger partial charge in [0.1, 0.15) is 18.2 Å². The van der Waals surface area contributed by atoms with Gasteiger partial charge in [-0.25, -0.2) is 14.4 Å². The Hall–Kier alpha value is -3.52. The maximum Gasteiger partial charge on any atom is 0.262 e. The third-order valence-electron chi connectivity index (χ3n) is 5.69. The van der Waals surface area contributed by atoms with Crippen molar-refractivity contribution in [3.05, 3.63) is 83.2 Å². The molecule has 0 saturated carbocycles. The lowest BCUT2D eigenvalue weighted by Crippen LogP contribution is -2.48. The largest absolute Gasteiger partial charge is 0.489 e. The predicted molar refractivity (Wildman–Crippen MR) is 127 cm³/mol. The maximum absolute atomic E-state index is 14.7. The van der Waals surface area contributed by atoms with Crippen molar-refractivity contribution in [2.24, 2.45) is 0 Å². The minimum atomic E-state index is -0.348. The number of amides is 1. The maximum atomic E-state index is 14.7. The number of nitrogens with zero attached hydrogens (tertiary/aromatic N) is 3. The van der Waals surface area contributed by atoms with Crippen molar-refractivity contribution < 1.29 is 13.9 Å². The fourth-order valence-electron chi connectivity index (χ4n) is 4.14. The molecule has 1 aliphatic rings. The molecule has 2 aromatic carbocycles. The van der Waals surface area contributed by atoms with Crippen molar-refractivity contribution in [3.63, 3.8) is 0 Å². The molecule has 33 heavy (non-hydrogen) atoms. The van der Waals surface area contributed by atoms with Crippen molar-refractivity contribution in [1.82, 2.24) is 15.3 Å². The number of piperidine rings is 1. The van der Waals surface area contributed by atoms with E-state index in [0.29, 0.717) is 34.1 Å². The summed E-state index contributed by atoms with van der Waals surface area (Å²) in [5.41, 5.74) is 0.577. The number of hydrogen-bond acceptors (Lipinski definition) is 6. The van der Waals surface area contributed by atoms with E-state index in [1.54, 1.807) is 24.5 Å². The molecule has 0 spiro atoms. The molecular weight excluding hydrogens is 439 g/mol. The standard InChI is InChI=1S/C25H23FN4O2S/c26-20-10-4-11-21-22(20)19(16-32-18-8-2-1-3-9-18)23(33-21)24(31)29-17-7-5-14-30(15-17)25-27-12-6-13-28-25/h1-4,6,8-13,17H,5,7,14-16H2,(H,29,31). The Morgan fingerprint density at radius 3 is 2.76 bits per heavy atom. The van der Waals surface area contributed by atoms with Crippen molar-refractivity contribution in [3.8, 4) is 5.75 Å². The Morgan fingerprint density at radius 2 is 1.94 bits per heavy atom. The summed E-state index contributed by atoms with van der Waals surface area (Å²) in [4.78, 5) is 24.6. The van der Waals surface area contributed by atoms with Crippen LogP contribution in [0.1, 0.15) is 28.1 Å². The fraction of sp³-hybridized carbons (Fsp3) is 0.240. The number of hydrogen-bond donors (Lipinski definition) is 1. The number of thiophene rings is 1. The second kappa shape index (κ2) is 9.54. The van der Waals surface area contributed by atoms with E-state index in [1.807, 2.05) is 36.4 Å². The second-order valence-corrected chi connectivity index (χ2v) is 8.98. The normalized spacial score (nSPS) is 16.0. The predicted octanol–water partition coefficient (Wildman–Crippen LogP) is 4.81. The number of benzene rings is 2. The van der Waals surface area contributed by atoms with Gasteiger partial charge < -0.3 is 15.0 Å². The number of aromatic nitrogens is 2. The average molecular weight is 463 g/mol. The first-order valence-corrected chi connectivity index (χ1v) is 11.7. The molecule has 1 amide bonds. The van der Waals surface area contributed by atoms with E-state index in [9.17, 15) is 9.18 Å². The van der Waals surface area contributed by atoms with Crippen LogP contribution >= 0.6 is 11.3 Å². The van der Waals surface area contributed by atoms with Gasteiger partial charge in [0.15, 0.2) is 0 Å². The first kappa shape index (κ1) is 21.3. The van der Waals surface area contributed by atoms with Gasteiger partial charge >= 0.3 is 0 Å². The molecule has 1 unspecified atom stereocenters. The summed E-state index contributed by atoms with van der Waals surface area (Å²) in [6.45, 7) is 1.59. The highest BCUT2D eigenvalue weighted by molar-refractivity contribution is 7.21. The third-order valence-corrected chi connectivity index (χ3v) is 6.88. The number of halogens is 1. The van der Waals surface area contributed by atoms with Gasteiger partial charge in [-0.3, -0.25) is 4.79 Å². The lowest BCUT2D eigenvalue weighted by atomic mass is 10.1. The minimum absolute atomic E-state index is 0.0481. The Morgan fingerprint density at radius 1 is 1.12 bits per heavy atom. The molecule has 1 saturated heterocycles. The quantitative estimate of drug-likeness (QED) is 0.446. The fourth-order valence-corrected chi connectivity index (χ4v) is 5.27. The van der Waals surface area contributed by atoms with Gasteiger partial charge in [-0.15, -0.1) is 11.3 Å². The van der Waals surface area contributed by atoms with Crippen LogP contribution in [0.4, 0.5) is 10.3 Å². The lowest BCUT2D eigenvalue weighted by molar-refractivity contribution is 0.0935. The molecule has 4 aromatic rings. The molecule has 5 rings (SSSR count). The van der Waals surface area contributed by atoms with Crippen LogP contribution in [0.15, 0.2) is 67.0 Å². The minimum Gasteiger partial charge on any atom is -0.489 e. The van der Waals surface area contributed by atoms with Gasteiger partial charge in [-0.05, 0) is 43.2 Å². The van der Waals surface area contributed by atoms with Crippen molar-refractivity contribution in [1.29, 1.82) is 0 Å². The molecule has 1 fully saturated rings. The number of carbonyl (C=O) groups excluding carboxylic acids is 1. The summed E-state index contributed by atoms with van der Waals surface area (Å²) >= 11 is 1.30. The molecule has 1 N–H and O–H groups in total. The number of anilines is 1. The molecule has 1 aliphatic heterocycles. The van der Waals surface area contributed by atoms with E-state index in [1.165, 1.54) is 17.4 Å². The topological polar surface area (TPSA) is 67.4 Å². The van der Waals surface area contributed by atoms with Crippen LogP contribution in [0.5, 0.6) is 5.75 Å². The molecule has 0 aliphatic carbocycles. The van der Waals surface area contributed by atoms with Crippen LogP contribution in [-0.4, -0.2) is 35.0 Å². The summed E-state index contributed by atoms with van der Waals surface area (Å²) in [6.07, 6.45) is 5.23. The first-order valence-electron chi connectivity index (χ1n) is 10.9.